The first-order valence-electron chi connectivity index (χ1n) is 11.8. The predicted octanol–water partition coefficient (Wildman–Crippen LogP) is 2.66. The highest BCUT2D eigenvalue weighted by atomic mass is 32.2. The molecule has 0 saturated carbocycles. The van der Waals surface area contributed by atoms with Crippen molar-refractivity contribution in [3.8, 4) is 0 Å². The maximum Gasteiger partial charge on any atom is 0.407 e. The van der Waals surface area contributed by atoms with Crippen LogP contribution in [0.2, 0.25) is 0 Å². The predicted molar refractivity (Wildman–Crippen MR) is 133 cm³/mol. The Bertz CT molecular complexity index is 1060. The molecule has 1 unspecified atom stereocenters. The smallest absolute Gasteiger partial charge is 0.407 e. The van der Waals surface area contributed by atoms with E-state index in [0.29, 0.717) is 18.7 Å². The molecule has 192 valence electrons. The minimum atomic E-state index is -3.95. The van der Waals surface area contributed by atoms with Gasteiger partial charge in [0.2, 0.25) is 10.0 Å². The third-order valence-corrected chi connectivity index (χ3v) is 7.93. The first-order chi connectivity index (χ1) is 16.6. The van der Waals surface area contributed by atoms with Crippen LogP contribution in [0.15, 0.2) is 59.5 Å². The van der Waals surface area contributed by atoms with Crippen molar-refractivity contribution in [2.45, 2.75) is 49.8 Å². The summed E-state index contributed by atoms with van der Waals surface area (Å²) in [7, 11) is -3.95. The van der Waals surface area contributed by atoms with Gasteiger partial charge < -0.3 is 20.7 Å². The number of nitrogens with zero attached hydrogens (tertiary/aromatic N) is 2. The lowest BCUT2D eigenvalue weighted by molar-refractivity contribution is 0.0163. The van der Waals surface area contributed by atoms with Crippen molar-refractivity contribution < 1.29 is 28.2 Å². The van der Waals surface area contributed by atoms with Crippen molar-refractivity contribution in [1.82, 2.24) is 9.21 Å². The highest BCUT2D eigenvalue weighted by Crippen LogP contribution is 2.24. The molecule has 1 aliphatic rings. The number of benzene rings is 2. The molecule has 2 aromatic rings. The topological polar surface area (TPSA) is 133 Å². The number of nitrogen functional groups attached to an aromatic ring is 1. The summed E-state index contributed by atoms with van der Waals surface area (Å²) in [6.07, 6.45) is -1.68. The lowest BCUT2D eigenvalue weighted by Gasteiger charge is -2.38. The van der Waals surface area contributed by atoms with Crippen LogP contribution in [-0.4, -0.2) is 78.4 Å². The summed E-state index contributed by atoms with van der Waals surface area (Å²) in [5.41, 5.74) is 7.01. The van der Waals surface area contributed by atoms with Crippen LogP contribution in [0, 0.1) is 5.92 Å². The van der Waals surface area contributed by atoms with Gasteiger partial charge in [0, 0.05) is 25.4 Å². The average Bonchev–Trinajstić information content (AvgIpc) is 3.33. The second-order valence-corrected chi connectivity index (χ2v) is 11.3. The molecule has 0 spiro atoms. The summed E-state index contributed by atoms with van der Waals surface area (Å²) in [5, 5.41) is 21.5. The maximum absolute atomic E-state index is 13.5. The van der Waals surface area contributed by atoms with E-state index in [1.165, 1.54) is 33.5 Å². The van der Waals surface area contributed by atoms with Crippen LogP contribution in [0.4, 0.5) is 10.5 Å². The van der Waals surface area contributed by atoms with E-state index in [9.17, 15) is 23.4 Å². The van der Waals surface area contributed by atoms with Gasteiger partial charge in [-0.1, -0.05) is 44.2 Å². The molecule has 1 fully saturated rings. The fraction of sp³-hybridized carbons (Fsp3) is 0.480. The van der Waals surface area contributed by atoms with E-state index in [1.807, 2.05) is 44.2 Å². The third kappa shape index (κ3) is 6.94. The van der Waals surface area contributed by atoms with Crippen molar-refractivity contribution >= 4 is 21.8 Å². The average molecular weight is 506 g/mol. The number of nitrogens with two attached hydrogens (primary N) is 1. The number of rotatable bonds is 11. The number of carboxylic acid groups (broad SMARTS) is 1. The quantitative estimate of drug-likeness (QED) is 0.400. The summed E-state index contributed by atoms with van der Waals surface area (Å²) >= 11 is 0. The van der Waals surface area contributed by atoms with Gasteiger partial charge in [0.1, 0.15) is 0 Å². The van der Waals surface area contributed by atoms with E-state index in [0.717, 1.165) is 5.56 Å². The maximum atomic E-state index is 13.5. The molecule has 35 heavy (non-hydrogen) atoms. The summed E-state index contributed by atoms with van der Waals surface area (Å²) in [5.74, 6) is -0.0165. The van der Waals surface area contributed by atoms with Crippen LogP contribution >= 0.6 is 0 Å². The highest BCUT2D eigenvalue weighted by Gasteiger charge is 2.39. The minimum Gasteiger partial charge on any atom is -0.465 e. The Hall–Kier alpha value is -2.66. The molecular formula is C25H35N3O6S. The van der Waals surface area contributed by atoms with Gasteiger partial charge in [-0.15, -0.1) is 0 Å². The van der Waals surface area contributed by atoms with Gasteiger partial charge in [-0.05, 0) is 48.6 Å². The molecule has 0 bridgehead atoms. The van der Waals surface area contributed by atoms with Crippen molar-refractivity contribution in [3.63, 3.8) is 0 Å². The first-order valence-corrected chi connectivity index (χ1v) is 13.2. The molecule has 2 aromatic carbocycles. The zero-order valence-electron chi connectivity index (χ0n) is 20.2. The largest absolute Gasteiger partial charge is 0.465 e. The first kappa shape index (κ1) is 26.9. The van der Waals surface area contributed by atoms with E-state index >= 15 is 0 Å². The van der Waals surface area contributed by atoms with Crippen LogP contribution in [0.1, 0.15) is 25.8 Å². The Kier molecular flexibility index (Phi) is 9.12. The van der Waals surface area contributed by atoms with Gasteiger partial charge in [-0.2, -0.15) is 4.31 Å². The monoisotopic (exact) mass is 505 g/mol. The molecule has 9 nitrogen and oxygen atoms in total. The summed E-state index contributed by atoms with van der Waals surface area (Å²) in [6.45, 7) is 4.37. The van der Waals surface area contributed by atoms with Gasteiger partial charge in [0.15, 0.2) is 0 Å². The molecule has 3 atom stereocenters. The number of anilines is 1. The summed E-state index contributed by atoms with van der Waals surface area (Å²) in [4.78, 5) is 13.7. The molecule has 1 aliphatic heterocycles. The number of ether oxygens (including phenoxy) is 1. The van der Waals surface area contributed by atoms with Crippen LogP contribution in [0.3, 0.4) is 0 Å². The van der Waals surface area contributed by atoms with Gasteiger partial charge in [0.25, 0.3) is 0 Å². The third-order valence-electron chi connectivity index (χ3n) is 6.09. The number of carbonyl (C=O) groups is 1. The van der Waals surface area contributed by atoms with Crippen LogP contribution in [0.25, 0.3) is 0 Å². The molecule has 1 saturated heterocycles. The second-order valence-electron chi connectivity index (χ2n) is 9.32. The fourth-order valence-corrected chi connectivity index (χ4v) is 6.00. The van der Waals surface area contributed by atoms with Crippen molar-refractivity contribution in [3.05, 3.63) is 60.2 Å². The zero-order valence-corrected chi connectivity index (χ0v) is 21.0. The number of hydrogen-bond acceptors (Lipinski definition) is 6. The van der Waals surface area contributed by atoms with E-state index < -0.39 is 34.3 Å². The Morgan fingerprint density at radius 1 is 1.11 bits per heavy atom. The number of aliphatic hydroxyl groups excluding tert-OH is 1. The summed E-state index contributed by atoms with van der Waals surface area (Å²) < 4.78 is 33.6. The molecule has 0 aliphatic carbocycles. The number of amides is 1. The molecule has 4 N–H and O–H groups in total. The molecule has 3 rings (SSSR count). The zero-order chi connectivity index (χ0) is 25.6. The SMILES string of the molecule is CC(C)CN(C[C@@H](O)[C@H](Cc1ccccc1)N(C(=O)O)C1CCOC1)S(=O)(=O)c1ccc(N)cc1. The Balaban J connectivity index is 1.94. The van der Waals surface area contributed by atoms with Crippen molar-refractivity contribution in [1.29, 1.82) is 0 Å². The van der Waals surface area contributed by atoms with Gasteiger partial charge in [-0.3, -0.25) is 4.90 Å². The van der Waals surface area contributed by atoms with Crippen molar-refractivity contribution in [2.24, 2.45) is 5.92 Å². The molecule has 1 amide bonds. The number of sulfonamides is 1. The second kappa shape index (κ2) is 11.9. The molecule has 0 radical (unpaired) electrons. The standard InChI is InChI=1S/C25H35N3O6S/c1-18(2)15-27(35(32,33)22-10-8-20(26)9-11-22)16-24(29)23(14-19-6-4-3-5-7-19)28(25(30)31)21-12-13-34-17-21/h3-11,18,21,23-24,29H,12-17,26H2,1-2H3,(H,30,31)/t21?,23-,24+/m0/s1. The highest BCUT2D eigenvalue weighted by molar-refractivity contribution is 7.89. The molecule has 1 heterocycles. The summed E-state index contributed by atoms with van der Waals surface area (Å²) in [6, 6.07) is 13.9. The van der Waals surface area contributed by atoms with E-state index in [1.54, 1.807) is 0 Å². The number of hydrogen-bond donors (Lipinski definition) is 3. The molecule has 10 heteroatoms. The normalized spacial score (nSPS) is 18.0. The lowest BCUT2D eigenvalue weighted by atomic mass is 9.97. The lowest BCUT2D eigenvalue weighted by Crippen LogP contribution is -2.56. The van der Waals surface area contributed by atoms with Gasteiger partial charge >= 0.3 is 6.09 Å². The number of aliphatic hydroxyl groups is 1. The van der Waals surface area contributed by atoms with E-state index in [2.05, 4.69) is 0 Å². The minimum absolute atomic E-state index is 0.0165. The van der Waals surface area contributed by atoms with Crippen LogP contribution < -0.4 is 5.73 Å². The van der Waals surface area contributed by atoms with E-state index in [4.69, 9.17) is 10.5 Å². The molecular weight excluding hydrogens is 470 g/mol. The fourth-order valence-electron chi connectivity index (χ4n) is 4.38. The van der Waals surface area contributed by atoms with Gasteiger partial charge in [-0.25, -0.2) is 13.2 Å². The van der Waals surface area contributed by atoms with E-state index in [-0.39, 0.29) is 36.9 Å². The Labute approximate surface area is 207 Å². The van der Waals surface area contributed by atoms with Crippen molar-refractivity contribution in [2.75, 3.05) is 32.0 Å². The molecule has 0 aromatic heterocycles. The van der Waals surface area contributed by atoms with Crippen LogP contribution in [-0.2, 0) is 21.2 Å². The Morgan fingerprint density at radius 2 is 1.77 bits per heavy atom. The van der Waals surface area contributed by atoms with Crippen LogP contribution in [0.5, 0.6) is 0 Å². The Morgan fingerprint density at radius 3 is 2.31 bits per heavy atom. The van der Waals surface area contributed by atoms with Gasteiger partial charge in [0.05, 0.1) is 29.7 Å².